The molecule has 1 aromatic carbocycles. The van der Waals surface area contributed by atoms with E-state index in [-0.39, 0.29) is 40.6 Å². The first-order valence-electron chi connectivity index (χ1n) is 10.1. The average molecular weight is 442 g/mol. The Bertz CT molecular complexity index is 786. The maximum absolute atomic E-state index is 14.0. The zero-order valence-corrected chi connectivity index (χ0v) is 18.1. The fraction of sp³-hybridized carbons (Fsp3) is 0.571. The molecule has 0 aliphatic carbocycles. The molecule has 7 nitrogen and oxygen atoms in total. The van der Waals surface area contributed by atoms with Crippen LogP contribution in [0.15, 0.2) is 12.1 Å². The van der Waals surface area contributed by atoms with Crippen LogP contribution in [0.1, 0.15) is 52.4 Å². The summed E-state index contributed by atoms with van der Waals surface area (Å²) in [4.78, 5) is 34.5. The lowest BCUT2D eigenvalue weighted by molar-refractivity contribution is -0.136. The molecule has 2 saturated heterocycles. The lowest BCUT2D eigenvalue weighted by atomic mass is 9.86. The highest BCUT2D eigenvalue weighted by atomic mass is 35.5. The van der Waals surface area contributed by atoms with Gasteiger partial charge in [-0.15, -0.1) is 0 Å². The van der Waals surface area contributed by atoms with Crippen LogP contribution >= 0.6 is 11.6 Å². The van der Waals surface area contributed by atoms with Crippen LogP contribution in [0.5, 0.6) is 0 Å². The van der Waals surface area contributed by atoms with E-state index in [0.717, 1.165) is 0 Å². The Balaban J connectivity index is 0.000000297. The quantitative estimate of drug-likeness (QED) is 0.489. The third-order valence-corrected chi connectivity index (χ3v) is 5.77. The molecule has 0 bridgehead atoms. The van der Waals surface area contributed by atoms with Gasteiger partial charge in [-0.2, -0.15) is 0 Å². The van der Waals surface area contributed by atoms with Crippen LogP contribution in [-0.2, 0) is 14.4 Å². The Morgan fingerprint density at radius 3 is 2.50 bits per heavy atom. The second-order valence-corrected chi connectivity index (χ2v) is 8.37. The van der Waals surface area contributed by atoms with E-state index in [4.69, 9.17) is 17.3 Å². The molecule has 0 unspecified atom stereocenters. The molecular weight excluding hydrogens is 413 g/mol. The van der Waals surface area contributed by atoms with Crippen molar-refractivity contribution in [2.24, 2.45) is 5.92 Å². The van der Waals surface area contributed by atoms with Crippen LogP contribution in [0.25, 0.3) is 0 Å². The van der Waals surface area contributed by atoms with Crippen molar-refractivity contribution in [2.75, 3.05) is 23.7 Å². The molecule has 2 aliphatic heterocycles. The predicted octanol–water partition coefficient (Wildman–Crippen LogP) is 2.82. The first-order valence-corrected chi connectivity index (χ1v) is 10.5. The molecule has 2 heterocycles. The van der Waals surface area contributed by atoms with Gasteiger partial charge in [-0.1, -0.05) is 25.4 Å². The van der Waals surface area contributed by atoms with E-state index in [9.17, 15) is 23.9 Å². The number of halogens is 2. The van der Waals surface area contributed by atoms with E-state index < -0.39 is 11.4 Å². The third kappa shape index (κ3) is 6.40. The van der Waals surface area contributed by atoms with Gasteiger partial charge in [0.25, 0.3) is 0 Å². The molecule has 0 radical (unpaired) electrons. The number of nitrogen functional groups attached to an aromatic ring is 1. The van der Waals surface area contributed by atoms with Crippen LogP contribution < -0.4 is 16.0 Å². The molecule has 3 rings (SSSR count). The van der Waals surface area contributed by atoms with Crippen molar-refractivity contribution < 1.29 is 23.9 Å². The van der Waals surface area contributed by atoms with Crippen molar-refractivity contribution in [3.63, 3.8) is 0 Å². The average Bonchev–Trinajstić information content (AvgIpc) is 2.66. The van der Waals surface area contributed by atoms with E-state index >= 15 is 0 Å². The molecule has 166 valence electrons. The zero-order chi connectivity index (χ0) is 22.5. The fourth-order valence-corrected chi connectivity index (χ4v) is 3.84. The number of imide groups is 1. The summed E-state index contributed by atoms with van der Waals surface area (Å²) in [6.45, 7) is 4.51. The van der Waals surface area contributed by atoms with Crippen molar-refractivity contribution in [3.8, 4) is 0 Å². The first kappa shape index (κ1) is 24.1. The second kappa shape index (κ2) is 10.2. The van der Waals surface area contributed by atoms with Crippen LogP contribution in [0, 0.1) is 11.7 Å². The van der Waals surface area contributed by atoms with Crippen LogP contribution in [-0.4, -0.2) is 41.4 Å². The minimum absolute atomic E-state index is 0.0164. The Morgan fingerprint density at radius 2 is 2.00 bits per heavy atom. The molecule has 9 heteroatoms. The summed E-state index contributed by atoms with van der Waals surface area (Å²) in [5.74, 6) is -0.676. The van der Waals surface area contributed by atoms with E-state index in [1.807, 2.05) is 6.92 Å². The van der Waals surface area contributed by atoms with Gasteiger partial charge in [0.1, 0.15) is 11.6 Å². The van der Waals surface area contributed by atoms with Crippen molar-refractivity contribution in [1.29, 1.82) is 0 Å². The van der Waals surface area contributed by atoms with Gasteiger partial charge in [0.2, 0.25) is 11.8 Å². The van der Waals surface area contributed by atoms with Crippen LogP contribution in [0.3, 0.4) is 0 Å². The second-order valence-electron chi connectivity index (χ2n) is 7.97. The number of rotatable bonds is 4. The number of piperidine rings is 2. The van der Waals surface area contributed by atoms with Gasteiger partial charge >= 0.3 is 0 Å². The summed E-state index contributed by atoms with van der Waals surface area (Å²) in [5.41, 5.74) is 5.16. The van der Waals surface area contributed by atoms with Gasteiger partial charge in [0.15, 0.2) is 0 Å². The SMILES string of the molecule is CCC(=O)CC1(O)CCN(c2c(F)cc(N)cc2Cl)CC1.C[C@H]1CCC(=O)NC1=O. The molecule has 2 aliphatic rings. The van der Waals surface area contributed by atoms with Crippen molar-refractivity contribution in [3.05, 3.63) is 23.0 Å². The molecule has 1 aromatic rings. The topological polar surface area (TPSA) is 113 Å². The fourth-order valence-electron chi connectivity index (χ4n) is 3.50. The van der Waals surface area contributed by atoms with Gasteiger partial charge in [-0.3, -0.25) is 19.7 Å². The Labute approximate surface area is 180 Å². The summed E-state index contributed by atoms with van der Waals surface area (Å²) < 4.78 is 14.0. The molecule has 0 aromatic heterocycles. The number of amides is 2. The molecule has 2 fully saturated rings. The molecular formula is C21H29ClFN3O4. The zero-order valence-electron chi connectivity index (χ0n) is 17.3. The van der Waals surface area contributed by atoms with E-state index in [1.165, 1.54) is 12.1 Å². The number of aliphatic hydroxyl groups is 1. The highest BCUT2D eigenvalue weighted by Gasteiger charge is 2.35. The maximum atomic E-state index is 14.0. The van der Waals surface area contributed by atoms with E-state index in [2.05, 4.69) is 5.32 Å². The molecule has 30 heavy (non-hydrogen) atoms. The largest absolute Gasteiger partial charge is 0.399 e. The van der Waals surface area contributed by atoms with Gasteiger partial charge in [-0.05, 0) is 31.4 Å². The van der Waals surface area contributed by atoms with Crippen LogP contribution in [0.2, 0.25) is 5.02 Å². The lowest BCUT2D eigenvalue weighted by Gasteiger charge is -2.39. The summed E-state index contributed by atoms with van der Waals surface area (Å²) in [7, 11) is 0. The number of ketones is 1. The Kier molecular flexibility index (Phi) is 8.20. The number of carbonyl (C=O) groups excluding carboxylic acids is 3. The highest BCUT2D eigenvalue weighted by molar-refractivity contribution is 6.33. The first-order chi connectivity index (χ1) is 14.0. The van der Waals surface area contributed by atoms with Crippen molar-refractivity contribution in [2.45, 2.75) is 58.0 Å². The van der Waals surface area contributed by atoms with Gasteiger partial charge in [0.05, 0.1) is 16.3 Å². The molecule has 0 spiro atoms. The third-order valence-electron chi connectivity index (χ3n) is 5.48. The van der Waals surface area contributed by atoms with Crippen molar-refractivity contribution >= 4 is 40.6 Å². The Morgan fingerprint density at radius 1 is 1.37 bits per heavy atom. The van der Waals surface area contributed by atoms with E-state index in [1.54, 1.807) is 11.8 Å². The van der Waals surface area contributed by atoms with E-state index in [0.29, 0.717) is 50.9 Å². The number of anilines is 2. The minimum atomic E-state index is -0.986. The lowest BCUT2D eigenvalue weighted by Crippen LogP contribution is -2.45. The number of nitrogens with one attached hydrogen (secondary N) is 1. The van der Waals surface area contributed by atoms with Crippen LogP contribution in [0.4, 0.5) is 15.8 Å². The Hall–Kier alpha value is -2.19. The van der Waals surface area contributed by atoms with Gasteiger partial charge in [0, 0.05) is 44.0 Å². The molecule has 2 amide bonds. The summed E-state index contributed by atoms with van der Waals surface area (Å²) in [6, 6.07) is 2.75. The number of carbonyl (C=O) groups is 3. The molecule has 0 saturated carbocycles. The number of nitrogens with two attached hydrogens (primary N) is 1. The number of hydrogen-bond acceptors (Lipinski definition) is 6. The highest BCUT2D eigenvalue weighted by Crippen LogP contribution is 2.35. The summed E-state index contributed by atoms with van der Waals surface area (Å²) >= 11 is 6.07. The predicted molar refractivity (Wildman–Crippen MR) is 114 cm³/mol. The molecule has 1 atom stereocenters. The number of Topliss-reactive ketones (excluding diaryl/α,β-unsaturated/α-hetero) is 1. The monoisotopic (exact) mass is 441 g/mol. The summed E-state index contributed by atoms with van der Waals surface area (Å²) in [6.07, 6.45) is 2.61. The number of hydrogen-bond donors (Lipinski definition) is 3. The smallest absolute Gasteiger partial charge is 0.229 e. The maximum Gasteiger partial charge on any atom is 0.229 e. The molecule has 4 N–H and O–H groups in total. The van der Waals surface area contributed by atoms with Gasteiger partial charge in [-0.25, -0.2) is 4.39 Å². The number of nitrogens with zero attached hydrogens (tertiary/aromatic N) is 1. The normalized spacial score (nSPS) is 20.8. The summed E-state index contributed by atoms with van der Waals surface area (Å²) in [5, 5.41) is 12.9. The van der Waals surface area contributed by atoms with Crippen molar-refractivity contribution in [1.82, 2.24) is 5.32 Å². The number of benzene rings is 1. The standard InChI is InChI=1S/C15H20ClFN2O2.C6H9NO2/c1-2-11(20)9-15(21)3-5-19(6-4-15)14-12(16)7-10(18)8-13(14)17;1-4-2-3-5(8)7-6(4)9/h7-8,21H,2-6,9,18H2,1H3;4H,2-3H2,1H3,(H,7,8,9)/t;4-/m.0/s1. The minimum Gasteiger partial charge on any atom is -0.399 e. The van der Waals surface area contributed by atoms with Gasteiger partial charge < -0.3 is 15.7 Å².